The van der Waals surface area contributed by atoms with Crippen molar-refractivity contribution in [2.75, 3.05) is 0 Å². The fourth-order valence-corrected chi connectivity index (χ4v) is 3.19. The smallest absolute Gasteiger partial charge is 0.235 e. The normalized spacial score (nSPS) is 15.1. The SMILES string of the molecule is Cc1cccc2c1c(/C=C1\Oc3cc(O)cc(O)c3C1=O)cn2C. The number of phenolic OH excluding ortho intramolecular Hbond substituents is 2. The lowest BCUT2D eigenvalue weighted by atomic mass is 10.0. The van der Waals surface area contributed by atoms with Crippen LogP contribution in [0.5, 0.6) is 17.2 Å². The van der Waals surface area contributed by atoms with Crippen molar-refractivity contribution in [1.82, 2.24) is 4.57 Å². The van der Waals surface area contributed by atoms with Crippen LogP contribution in [-0.4, -0.2) is 20.6 Å². The van der Waals surface area contributed by atoms with Crippen molar-refractivity contribution < 1.29 is 19.7 Å². The molecule has 0 aliphatic carbocycles. The number of carbonyl (C=O) groups is 1. The number of carbonyl (C=O) groups excluding carboxylic acids is 1. The number of fused-ring (bicyclic) bond motifs is 2. The monoisotopic (exact) mass is 321 g/mol. The number of aromatic nitrogens is 1. The highest BCUT2D eigenvalue weighted by Crippen LogP contribution is 2.41. The maximum absolute atomic E-state index is 12.5. The molecule has 0 radical (unpaired) electrons. The standard InChI is InChI=1S/C19H15NO4/c1-10-4-3-5-13-17(10)11(9-20(13)2)6-16-19(23)18-14(22)7-12(21)8-15(18)24-16/h3-9,21-22H,1-2H3/b16-6-. The number of Topliss-reactive ketones (excluding diaryl/α,β-unsaturated/α-hetero) is 1. The Balaban J connectivity index is 1.87. The Bertz CT molecular complexity index is 1040. The molecule has 2 heterocycles. The molecule has 120 valence electrons. The van der Waals surface area contributed by atoms with E-state index in [9.17, 15) is 15.0 Å². The summed E-state index contributed by atoms with van der Waals surface area (Å²) in [5.74, 6) is -0.538. The summed E-state index contributed by atoms with van der Waals surface area (Å²) in [5.41, 5.74) is 3.11. The number of hydrogen-bond acceptors (Lipinski definition) is 4. The molecule has 1 aliphatic rings. The molecule has 0 bridgehead atoms. The minimum atomic E-state index is -0.395. The number of rotatable bonds is 1. The molecule has 1 aliphatic heterocycles. The Labute approximate surface area is 138 Å². The predicted octanol–water partition coefficient (Wildman–Crippen LogP) is 3.51. The maximum Gasteiger partial charge on any atom is 0.235 e. The van der Waals surface area contributed by atoms with Crippen molar-refractivity contribution >= 4 is 22.8 Å². The Morgan fingerprint density at radius 2 is 2.00 bits per heavy atom. The molecule has 2 aromatic carbocycles. The van der Waals surface area contributed by atoms with Gasteiger partial charge in [-0.25, -0.2) is 0 Å². The van der Waals surface area contributed by atoms with E-state index in [1.165, 1.54) is 6.07 Å². The number of aryl methyl sites for hydroxylation is 2. The van der Waals surface area contributed by atoms with Crippen molar-refractivity contribution in [2.45, 2.75) is 6.92 Å². The van der Waals surface area contributed by atoms with Crippen molar-refractivity contribution in [1.29, 1.82) is 0 Å². The van der Waals surface area contributed by atoms with Crippen LogP contribution in [0.2, 0.25) is 0 Å². The van der Waals surface area contributed by atoms with Crippen molar-refractivity contribution in [3.63, 3.8) is 0 Å². The van der Waals surface area contributed by atoms with E-state index in [4.69, 9.17) is 4.74 Å². The number of benzene rings is 2. The quantitative estimate of drug-likeness (QED) is 0.673. The van der Waals surface area contributed by atoms with E-state index in [0.717, 1.165) is 28.1 Å². The summed E-state index contributed by atoms with van der Waals surface area (Å²) in [7, 11) is 1.94. The highest BCUT2D eigenvalue weighted by atomic mass is 16.5. The number of phenols is 2. The number of ether oxygens (including phenoxy) is 1. The molecule has 0 saturated carbocycles. The van der Waals surface area contributed by atoms with Gasteiger partial charge in [-0.2, -0.15) is 0 Å². The lowest BCUT2D eigenvalue weighted by Crippen LogP contribution is -1.98. The van der Waals surface area contributed by atoms with Crippen LogP contribution < -0.4 is 4.74 Å². The first kappa shape index (κ1) is 14.4. The summed E-state index contributed by atoms with van der Waals surface area (Å²) in [4.78, 5) is 12.5. The molecule has 4 rings (SSSR count). The molecule has 0 atom stereocenters. The van der Waals surface area contributed by atoms with Crippen LogP contribution in [0.3, 0.4) is 0 Å². The molecule has 0 spiro atoms. The summed E-state index contributed by atoms with van der Waals surface area (Å²) in [6.07, 6.45) is 3.61. The van der Waals surface area contributed by atoms with E-state index in [1.807, 2.05) is 42.9 Å². The molecule has 0 amide bonds. The van der Waals surface area contributed by atoms with E-state index in [-0.39, 0.29) is 28.6 Å². The van der Waals surface area contributed by atoms with Gasteiger partial charge in [0.1, 0.15) is 22.8 Å². The number of nitrogens with zero attached hydrogens (tertiary/aromatic N) is 1. The molecular weight excluding hydrogens is 306 g/mol. The second kappa shape index (κ2) is 4.89. The third kappa shape index (κ3) is 1.98. The second-order valence-corrected chi connectivity index (χ2v) is 5.94. The summed E-state index contributed by atoms with van der Waals surface area (Å²) in [5, 5.41) is 20.5. The van der Waals surface area contributed by atoms with E-state index in [2.05, 4.69) is 0 Å². The van der Waals surface area contributed by atoms with Crippen LogP contribution in [0.4, 0.5) is 0 Å². The minimum Gasteiger partial charge on any atom is -0.508 e. The van der Waals surface area contributed by atoms with Crippen LogP contribution in [0, 0.1) is 6.92 Å². The van der Waals surface area contributed by atoms with Crippen LogP contribution in [0.15, 0.2) is 42.3 Å². The number of hydrogen-bond donors (Lipinski definition) is 2. The van der Waals surface area contributed by atoms with E-state index in [1.54, 1.807) is 6.08 Å². The fraction of sp³-hybridized carbons (Fsp3) is 0.105. The zero-order valence-electron chi connectivity index (χ0n) is 13.2. The van der Waals surface area contributed by atoms with Gasteiger partial charge in [0.15, 0.2) is 5.76 Å². The highest BCUT2D eigenvalue weighted by Gasteiger charge is 2.31. The van der Waals surface area contributed by atoms with Crippen molar-refractivity contribution in [3.8, 4) is 17.2 Å². The Hall–Kier alpha value is -3.21. The average molecular weight is 321 g/mol. The van der Waals surface area contributed by atoms with Crippen molar-refractivity contribution in [3.05, 3.63) is 59.0 Å². The van der Waals surface area contributed by atoms with Gasteiger partial charge in [0.2, 0.25) is 5.78 Å². The zero-order chi connectivity index (χ0) is 17.0. The van der Waals surface area contributed by atoms with Gasteiger partial charge in [-0.05, 0) is 24.6 Å². The zero-order valence-corrected chi connectivity index (χ0v) is 13.2. The topological polar surface area (TPSA) is 71.7 Å². The Morgan fingerprint density at radius 1 is 1.21 bits per heavy atom. The first-order valence-electron chi connectivity index (χ1n) is 7.50. The van der Waals surface area contributed by atoms with Crippen LogP contribution >= 0.6 is 0 Å². The molecule has 0 fully saturated rings. The summed E-state index contributed by atoms with van der Waals surface area (Å²) < 4.78 is 7.56. The van der Waals surface area contributed by atoms with Gasteiger partial charge >= 0.3 is 0 Å². The molecule has 0 unspecified atom stereocenters. The number of ketones is 1. The molecular formula is C19H15NO4. The number of allylic oxidation sites excluding steroid dienone is 1. The van der Waals surface area contributed by atoms with Crippen molar-refractivity contribution in [2.24, 2.45) is 7.05 Å². The minimum absolute atomic E-state index is 0.0796. The lowest BCUT2D eigenvalue weighted by molar-refractivity contribution is 0.101. The van der Waals surface area contributed by atoms with Crippen LogP contribution in [0.1, 0.15) is 21.5 Å². The van der Waals surface area contributed by atoms with Gasteiger partial charge in [-0.15, -0.1) is 0 Å². The Kier molecular flexibility index (Phi) is 2.93. The first-order chi connectivity index (χ1) is 11.5. The van der Waals surface area contributed by atoms with Crippen LogP contribution in [-0.2, 0) is 7.05 Å². The van der Waals surface area contributed by atoms with Crippen LogP contribution in [0.25, 0.3) is 17.0 Å². The lowest BCUT2D eigenvalue weighted by Gasteiger charge is -2.00. The fourth-order valence-electron chi connectivity index (χ4n) is 3.19. The molecule has 24 heavy (non-hydrogen) atoms. The van der Waals surface area contributed by atoms with E-state index in [0.29, 0.717) is 0 Å². The summed E-state index contributed by atoms with van der Waals surface area (Å²) >= 11 is 0. The van der Waals surface area contributed by atoms with Gasteiger partial charge < -0.3 is 19.5 Å². The molecule has 5 heteroatoms. The predicted molar refractivity (Wildman–Crippen MR) is 90.4 cm³/mol. The molecule has 1 aromatic heterocycles. The third-order valence-corrected chi connectivity index (χ3v) is 4.28. The van der Waals surface area contributed by atoms with Gasteiger partial charge in [0.25, 0.3) is 0 Å². The highest BCUT2D eigenvalue weighted by molar-refractivity contribution is 6.16. The van der Waals surface area contributed by atoms with Gasteiger partial charge in [-0.1, -0.05) is 12.1 Å². The van der Waals surface area contributed by atoms with Gasteiger partial charge in [-0.3, -0.25) is 4.79 Å². The Morgan fingerprint density at radius 3 is 2.79 bits per heavy atom. The van der Waals surface area contributed by atoms with E-state index < -0.39 is 5.78 Å². The van der Waals surface area contributed by atoms with Gasteiger partial charge in [0.05, 0.1) is 0 Å². The molecule has 3 aromatic rings. The largest absolute Gasteiger partial charge is 0.508 e. The summed E-state index contributed by atoms with van der Waals surface area (Å²) in [6.45, 7) is 2.01. The maximum atomic E-state index is 12.5. The molecule has 5 nitrogen and oxygen atoms in total. The van der Waals surface area contributed by atoms with E-state index >= 15 is 0 Å². The molecule has 0 saturated heterocycles. The average Bonchev–Trinajstić information content (AvgIpc) is 2.99. The first-order valence-corrected chi connectivity index (χ1v) is 7.50. The van der Waals surface area contributed by atoms with Gasteiger partial charge in [0, 0.05) is 41.8 Å². The second-order valence-electron chi connectivity index (χ2n) is 5.94. The third-order valence-electron chi connectivity index (χ3n) is 4.28. The summed E-state index contributed by atoms with van der Waals surface area (Å²) in [6, 6.07) is 8.47. The molecule has 2 N–H and O–H groups in total. The number of aromatic hydroxyl groups is 2.